The number of amides is 2. The zero-order valence-electron chi connectivity index (χ0n) is 13.6. The molecule has 7 heteroatoms. The second kappa shape index (κ2) is 7.68. The molecule has 1 aliphatic rings. The number of carbonyl (C=O) groups is 2. The van der Waals surface area contributed by atoms with Crippen LogP contribution >= 0.6 is 0 Å². The molecule has 1 aromatic rings. The number of carbonyl (C=O) groups excluding carboxylic acids is 2. The summed E-state index contributed by atoms with van der Waals surface area (Å²) in [5.41, 5.74) is 0.603. The van der Waals surface area contributed by atoms with Crippen molar-refractivity contribution in [1.82, 2.24) is 4.90 Å². The van der Waals surface area contributed by atoms with Crippen LogP contribution in [-0.2, 0) is 9.59 Å². The lowest BCUT2D eigenvalue weighted by Gasteiger charge is -2.38. The van der Waals surface area contributed by atoms with Crippen LogP contribution in [0.15, 0.2) is 30.3 Å². The van der Waals surface area contributed by atoms with Gasteiger partial charge in [-0.2, -0.15) is 13.2 Å². The monoisotopic (exact) mass is 342 g/mol. The molecule has 0 aromatic heterocycles. The molecule has 1 aliphatic heterocycles. The Hall–Kier alpha value is -2.05. The molecule has 1 fully saturated rings. The van der Waals surface area contributed by atoms with E-state index in [1.165, 1.54) is 11.8 Å². The van der Waals surface area contributed by atoms with Crippen molar-refractivity contribution in [2.45, 2.75) is 44.8 Å². The van der Waals surface area contributed by atoms with Crippen molar-refractivity contribution in [3.63, 3.8) is 0 Å². The van der Waals surface area contributed by atoms with Crippen LogP contribution in [0.2, 0.25) is 0 Å². The van der Waals surface area contributed by atoms with Crippen molar-refractivity contribution in [3.8, 4) is 0 Å². The Morgan fingerprint density at radius 3 is 2.25 bits per heavy atom. The molecule has 0 spiro atoms. The third-order valence-electron chi connectivity index (χ3n) is 4.20. The van der Waals surface area contributed by atoms with E-state index in [0.717, 1.165) is 0 Å². The number of likely N-dealkylation sites (tertiary alicyclic amines) is 1. The molecule has 1 saturated heterocycles. The smallest absolute Gasteiger partial charge is 0.343 e. The minimum Gasteiger partial charge on any atom is -0.343 e. The molecule has 0 radical (unpaired) electrons. The predicted molar refractivity (Wildman–Crippen MR) is 84.5 cm³/mol. The number of benzene rings is 1. The maximum atomic E-state index is 12.5. The van der Waals surface area contributed by atoms with Crippen LogP contribution in [0.1, 0.15) is 32.6 Å². The molecular formula is C17H21F3N2O2. The van der Waals surface area contributed by atoms with E-state index in [-0.39, 0.29) is 11.9 Å². The minimum absolute atomic E-state index is 0.0249. The van der Waals surface area contributed by atoms with Gasteiger partial charge in [0.05, 0.1) is 6.42 Å². The highest BCUT2D eigenvalue weighted by atomic mass is 19.4. The van der Waals surface area contributed by atoms with Gasteiger partial charge in [0.15, 0.2) is 0 Å². The lowest BCUT2D eigenvalue weighted by Crippen LogP contribution is -2.48. The van der Waals surface area contributed by atoms with Crippen molar-refractivity contribution in [2.75, 3.05) is 18.0 Å². The van der Waals surface area contributed by atoms with E-state index in [9.17, 15) is 22.8 Å². The van der Waals surface area contributed by atoms with E-state index in [2.05, 4.69) is 0 Å². The van der Waals surface area contributed by atoms with Crippen LogP contribution < -0.4 is 4.90 Å². The van der Waals surface area contributed by atoms with Crippen molar-refractivity contribution in [2.24, 2.45) is 0 Å². The summed E-state index contributed by atoms with van der Waals surface area (Å²) < 4.78 is 37.3. The SMILES string of the molecule is CC(=O)N1CCC(N(C(=O)CCC(F)(F)F)c2ccccc2)CC1. The van der Waals surface area contributed by atoms with Crippen LogP contribution in [0.3, 0.4) is 0 Å². The minimum atomic E-state index is -4.35. The van der Waals surface area contributed by atoms with E-state index in [0.29, 0.717) is 31.6 Å². The summed E-state index contributed by atoms with van der Waals surface area (Å²) >= 11 is 0. The van der Waals surface area contributed by atoms with Crippen molar-refractivity contribution in [1.29, 1.82) is 0 Å². The van der Waals surface area contributed by atoms with E-state index < -0.39 is 24.9 Å². The normalized spacial score (nSPS) is 16.1. The molecule has 132 valence electrons. The van der Waals surface area contributed by atoms with Crippen LogP contribution in [0.25, 0.3) is 0 Å². The molecule has 2 rings (SSSR count). The second-order valence-corrected chi connectivity index (χ2v) is 5.95. The van der Waals surface area contributed by atoms with E-state index in [1.807, 2.05) is 0 Å². The van der Waals surface area contributed by atoms with Crippen LogP contribution in [0, 0.1) is 0 Å². The number of rotatable bonds is 4. The zero-order valence-corrected chi connectivity index (χ0v) is 13.6. The quantitative estimate of drug-likeness (QED) is 0.842. The number of hydrogen-bond acceptors (Lipinski definition) is 2. The predicted octanol–water partition coefficient (Wildman–Crippen LogP) is 3.37. The summed E-state index contributed by atoms with van der Waals surface area (Å²) in [6.07, 6.45) is -4.92. The second-order valence-electron chi connectivity index (χ2n) is 5.95. The van der Waals surface area contributed by atoms with Gasteiger partial charge < -0.3 is 9.80 Å². The van der Waals surface area contributed by atoms with Crippen molar-refractivity contribution < 1.29 is 22.8 Å². The van der Waals surface area contributed by atoms with Crippen LogP contribution in [-0.4, -0.2) is 42.0 Å². The number of piperidine rings is 1. The van der Waals surface area contributed by atoms with Gasteiger partial charge in [0.1, 0.15) is 0 Å². The number of hydrogen-bond donors (Lipinski definition) is 0. The molecule has 0 N–H and O–H groups in total. The first kappa shape index (κ1) is 18.3. The van der Waals surface area contributed by atoms with Gasteiger partial charge in [-0.1, -0.05) is 18.2 Å². The molecule has 0 unspecified atom stereocenters. The lowest BCUT2D eigenvalue weighted by molar-refractivity contribution is -0.143. The molecule has 0 saturated carbocycles. The Morgan fingerprint density at radius 1 is 1.17 bits per heavy atom. The van der Waals surface area contributed by atoms with E-state index in [1.54, 1.807) is 35.2 Å². The van der Waals surface area contributed by atoms with Gasteiger partial charge >= 0.3 is 6.18 Å². The standard InChI is InChI=1S/C17H21F3N2O2/c1-13(23)21-11-8-15(9-12-21)22(14-5-3-2-4-6-14)16(24)7-10-17(18,19)20/h2-6,15H,7-12H2,1H3. The molecule has 2 amide bonds. The highest BCUT2D eigenvalue weighted by molar-refractivity contribution is 5.94. The number of anilines is 1. The van der Waals surface area contributed by atoms with E-state index in [4.69, 9.17) is 0 Å². The van der Waals surface area contributed by atoms with Crippen molar-refractivity contribution >= 4 is 17.5 Å². The molecule has 1 heterocycles. The highest BCUT2D eigenvalue weighted by Gasteiger charge is 2.33. The number of para-hydroxylation sites is 1. The zero-order chi connectivity index (χ0) is 17.7. The Morgan fingerprint density at radius 2 is 1.75 bits per heavy atom. The first-order valence-corrected chi connectivity index (χ1v) is 7.97. The average Bonchev–Trinajstić information content (AvgIpc) is 2.54. The summed E-state index contributed by atoms with van der Waals surface area (Å²) in [7, 11) is 0. The van der Waals surface area contributed by atoms with Gasteiger partial charge in [-0.05, 0) is 25.0 Å². The fourth-order valence-corrected chi connectivity index (χ4v) is 2.96. The summed E-state index contributed by atoms with van der Waals surface area (Å²) in [6.45, 7) is 2.51. The number of nitrogens with zero attached hydrogens (tertiary/aromatic N) is 2. The summed E-state index contributed by atoms with van der Waals surface area (Å²) in [5, 5.41) is 0. The highest BCUT2D eigenvalue weighted by Crippen LogP contribution is 2.27. The summed E-state index contributed by atoms with van der Waals surface area (Å²) in [4.78, 5) is 27.0. The summed E-state index contributed by atoms with van der Waals surface area (Å²) in [6, 6.07) is 8.56. The third-order valence-corrected chi connectivity index (χ3v) is 4.20. The molecule has 0 bridgehead atoms. The maximum Gasteiger partial charge on any atom is 0.389 e. The maximum absolute atomic E-state index is 12.5. The largest absolute Gasteiger partial charge is 0.389 e. The number of halogens is 3. The topological polar surface area (TPSA) is 40.6 Å². The van der Waals surface area contributed by atoms with Crippen LogP contribution in [0.5, 0.6) is 0 Å². The van der Waals surface area contributed by atoms with Gasteiger partial charge in [0.2, 0.25) is 11.8 Å². The Labute approximate surface area is 139 Å². The van der Waals surface area contributed by atoms with E-state index >= 15 is 0 Å². The third kappa shape index (κ3) is 4.97. The van der Waals surface area contributed by atoms with Gasteiger partial charge in [-0.25, -0.2) is 0 Å². The molecule has 1 aromatic carbocycles. The first-order valence-electron chi connectivity index (χ1n) is 7.97. The molecule has 24 heavy (non-hydrogen) atoms. The number of alkyl halides is 3. The summed E-state index contributed by atoms with van der Waals surface area (Å²) in [5.74, 6) is -0.553. The van der Waals surface area contributed by atoms with Gasteiger partial charge in [0.25, 0.3) is 0 Å². The Balaban J connectivity index is 2.12. The molecule has 0 atom stereocenters. The van der Waals surface area contributed by atoms with Gasteiger partial charge in [0, 0.05) is 38.2 Å². The Kier molecular flexibility index (Phi) is 5.85. The fourth-order valence-electron chi connectivity index (χ4n) is 2.96. The molecule has 0 aliphatic carbocycles. The van der Waals surface area contributed by atoms with Crippen molar-refractivity contribution in [3.05, 3.63) is 30.3 Å². The van der Waals surface area contributed by atoms with Gasteiger partial charge in [-0.3, -0.25) is 9.59 Å². The first-order chi connectivity index (χ1) is 11.3. The average molecular weight is 342 g/mol. The van der Waals surface area contributed by atoms with Gasteiger partial charge in [-0.15, -0.1) is 0 Å². The fraction of sp³-hybridized carbons (Fsp3) is 0.529. The van der Waals surface area contributed by atoms with Crippen LogP contribution in [0.4, 0.5) is 18.9 Å². The molecule has 4 nitrogen and oxygen atoms in total. The lowest BCUT2D eigenvalue weighted by atomic mass is 10.0. The Bertz CT molecular complexity index is 567. The molecular weight excluding hydrogens is 321 g/mol.